The van der Waals surface area contributed by atoms with E-state index in [1.807, 2.05) is 0 Å². The monoisotopic (exact) mass is 325 g/mol. The highest BCUT2D eigenvalue weighted by atomic mass is 35.5. The lowest BCUT2D eigenvalue weighted by molar-refractivity contribution is -0.126. The number of sulfonamides is 1. The van der Waals surface area contributed by atoms with Crippen molar-refractivity contribution in [1.82, 2.24) is 9.62 Å². The lowest BCUT2D eigenvalue weighted by Gasteiger charge is -2.31. The van der Waals surface area contributed by atoms with Gasteiger partial charge in [0, 0.05) is 26.2 Å². The molecule has 1 aliphatic carbocycles. The first kappa shape index (κ1) is 17.7. The number of hydrogen-bond donors (Lipinski definition) is 2. The first-order valence-corrected chi connectivity index (χ1v) is 8.59. The molecule has 6 nitrogen and oxygen atoms in total. The van der Waals surface area contributed by atoms with Crippen molar-refractivity contribution in [3.05, 3.63) is 0 Å². The molecule has 2 aliphatic rings. The molecule has 0 aromatic rings. The summed E-state index contributed by atoms with van der Waals surface area (Å²) in [5.74, 6) is 0.298. The number of piperidine rings is 1. The predicted octanol–water partition coefficient (Wildman–Crippen LogP) is -0.0651. The Morgan fingerprint density at radius 2 is 2.00 bits per heavy atom. The van der Waals surface area contributed by atoms with Crippen LogP contribution in [0.5, 0.6) is 0 Å². The number of carbonyl (C=O) groups is 1. The fourth-order valence-corrected chi connectivity index (χ4v) is 4.39. The smallest absolute Gasteiger partial charge is 0.224 e. The number of amides is 1. The number of halogens is 1. The van der Waals surface area contributed by atoms with Crippen LogP contribution in [0.1, 0.15) is 25.7 Å². The topological polar surface area (TPSA) is 92.5 Å². The van der Waals surface area contributed by atoms with Crippen molar-refractivity contribution in [3.63, 3.8) is 0 Å². The van der Waals surface area contributed by atoms with E-state index in [1.54, 1.807) is 0 Å². The molecule has 2 rings (SSSR count). The molecule has 8 heteroatoms. The number of rotatable bonds is 6. The summed E-state index contributed by atoms with van der Waals surface area (Å²) in [6, 6.07) is 0. The summed E-state index contributed by atoms with van der Waals surface area (Å²) in [6.07, 6.45) is 3.55. The van der Waals surface area contributed by atoms with Gasteiger partial charge in [-0.2, -0.15) is 0 Å². The van der Waals surface area contributed by atoms with Crippen LogP contribution in [0.25, 0.3) is 0 Å². The maximum atomic E-state index is 12.2. The third-order valence-corrected chi connectivity index (χ3v) is 5.75. The summed E-state index contributed by atoms with van der Waals surface area (Å²) in [6.45, 7) is 1.73. The lowest BCUT2D eigenvalue weighted by Crippen LogP contribution is -2.46. The van der Waals surface area contributed by atoms with Gasteiger partial charge >= 0.3 is 0 Å². The van der Waals surface area contributed by atoms with Gasteiger partial charge in [0.1, 0.15) is 0 Å². The average Bonchev–Trinajstić information content (AvgIpc) is 3.19. The van der Waals surface area contributed by atoms with E-state index in [9.17, 15) is 13.2 Å². The second-order valence-electron chi connectivity index (χ2n) is 5.50. The molecule has 0 bridgehead atoms. The van der Waals surface area contributed by atoms with Crippen molar-refractivity contribution >= 4 is 28.3 Å². The summed E-state index contributed by atoms with van der Waals surface area (Å²) in [5.41, 5.74) is 5.34. The molecule has 0 aromatic heterocycles. The van der Waals surface area contributed by atoms with E-state index < -0.39 is 10.0 Å². The molecular formula is C12H24ClN3O3S. The molecule has 2 fully saturated rings. The molecule has 118 valence electrons. The number of carbonyl (C=O) groups excluding carboxylic acids is 1. The van der Waals surface area contributed by atoms with E-state index in [4.69, 9.17) is 5.73 Å². The van der Waals surface area contributed by atoms with Crippen LogP contribution < -0.4 is 11.1 Å². The Morgan fingerprint density at radius 1 is 1.30 bits per heavy atom. The van der Waals surface area contributed by atoms with Gasteiger partial charge in [-0.3, -0.25) is 4.79 Å². The van der Waals surface area contributed by atoms with Crippen LogP contribution in [0.2, 0.25) is 0 Å². The maximum absolute atomic E-state index is 12.2. The molecule has 0 spiro atoms. The van der Waals surface area contributed by atoms with Crippen molar-refractivity contribution in [3.8, 4) is 0 Å². The fraction of sp³-hybridized carbons (Fsp3) is 0.917. The molecule has 3 N–H and O–H groups in total. The van der Waals surface area contributed by atoms with Crippen LogP contribution >= 0.6 is 12.4 Å². The van der Waals surface area contributed by atoms with Gasteiger partial charge in [-0.25, -0.2) is 12.7 Å². The SMILES string of the molecule is Cl.NCCNC(=O)C1CCCN(S(=O)(=O)CC2CC2)C1. The zero-order valence-electron chi connectivity index (χ0n) is 11.6. The largest absolute Gasteiger partial charge is 0.355 e. The van der Waals surface area contributed by atoms with E-state index in [0.717, 1.165) is 25.7 Å². The summed E-state index contributed by atoms with van der Waals surface area (Å²) in [4.78, 5) is 11.9. The van der Waals surface area contributed by atoms with Gasteiger partial charge in [-0.15, -0.1) is 12.4 Å². The molecule has 20 heavy (non-hydrogen) atoms. The third-order valence-electron chi connectivity index (χ3n) is 3.74. The minimum atomic E-state index is -3.18. The molecule has 1 saturated carbocycles. The number of nitrogens with one attached hydrogen (secondary N) is 1. The molecule has 1 atom stereocenters. The van der Waals surface area contributed by atoms with Gasteiger partial charge in [0.05, 0.1) is 11.7 Å². The van der Waals surface area contributed by atoms with Gasteiger partial charge < -0.3 is 11.1 Å². The Kier molecular flexibility index (Phi) is 6.71. The van der Waals surface area contributed by atoms with Crippen molar-refractivity contribution in [2.45, 2.75) is 25.7 Å². The summed E-state index contributed by atoms with van der Waals surface area (Å²) < 4.78 is 25.9. The molecule has 0 radical (unpaired) electrons. The number of nitrogens with zero attached hydrogens (tertiary/aromatic N) is 1. The summed E-state index contributed by atoms with van der Waals surface area (Å²) in [5, 5.41) is 2.74. The third kappa shape index (κ3) is 4.87. The Labute approximate surface area is 126 Å². The standard InChI is InChI=1S/C12H23N3O3S.ClH/c13-5-6-14-12(16)11-2-1-7-15(8-11)19(17,18)9-10-3-4-10;/h10-11H,1-9,13H2,(H,14,16);1H. The Balaban J connectivity index is 0.00000200. The Hall–Kier alpha value is -0.370. The number of nitrogens with two attached hydrogens (primary N) is 1. The fourth-order valence-electron chi connectivity index (χ4n) is 2.44. The highest BCUT2D eigenvalue weighted by Gasteiger charge is 2.36. The average molecular weight is 326 g/mol. The quantitative estimate of drug-likeness (QED) is 0.715. The van der Waals surface area contributed by atoms with E-state index >= 15 is 0 Å². The van der Waals surface area contributed by atoms with Crippen molar-refractivity contribution in [2.75, 3.05) is 31.9 Å². The second kappa shape index (κ2) is 7.59. The van der Waals surface area contributed by atoms with Gasteiger partial charge in [0.15, 0.2) is 0 Å². The van der Waals surface area contributed by atoms with Crippen molar-refractivity contribution in [1.29, 1.82) is 0 Å². The van der Waals surface area contributed by atoms with Crippen LogP contribution in [-0.4, -0.2) is 50.6 Å². The first-order chi connectivity index (χ1) is 9.03. The molecule has 1 aliphatic heterocycles. The molecule has 1 saturated heterocycles. The van der Waals surface area contributed by atoms with Gasteiger partial charge in [0.2, 0.25) is 15.9 Å². The summed E-state index contributed by atoms with van der Waals surface area (Å²) in [7, 11) is -3.18. The molecule has 1 heterocycles. The summed E-state index contributed by atoms with van der Waals surface area (Å²) >= 11 is 0. The molecule has 1 unspecified atom stereocenters. The van der Waals surface area contributed by atoms with Crippen LogP contribution in [0.3, 0.4) is 0 Å². The highest BCUT2D eigenvalue weighted by Crippen LogP contribution is 2.32. The van der Waals surface area contributed by atoms with Gasteiger partial charge in [0.25, 0.3) is 0 Å². The van der Waals surface area contributed by atoms with Crippen LogP contribution in [-0.2, 0) is 14.8 Å². The van der Waals surface area contributed by atoms with E-state index in [1.165, 1.54) is 4.31 Å². The first-order valence-electron chi connectivity index (χ1n) is 6.98. The minimum Gasteiger partial charge on any atom is -0.355 e. The predicted molar refractivity (Wildman–Crippen MR) is 80.1 cm³/mol. The van der Waals surface area contributed by atoms with Crippen LogP contribution in [0, 0.1) is 11.8 Å². The van der Waals surface area contributed by atoms with Crippen molar-refractivity contribution < 1.29 is 13.2 Å². The van der Waals surface area contributed by atoms with Crippen molar-refractivity contribution in [2.24, 2.45) is 17.6 Å². The Morgan fingerprint density at radius 3 is 2.60 bits per heavy atom. The zero-order valence-corrected chi connectivity index (χ0v) is 13.2. The molecular weight excluding hydrogens is 302 g/mol. The van der Waals surface area contributed by atoms with Gasteiger partial charge in [-0.1, -0.05) is 0 Å². The van der Waals surface area contributed by atoms with Crippen LogP contribution in [0.4, 0.5) is 0 Å². The molecule has 1 amide bonds. The highest BCUT2D eigenvalue weighted by molar-refractivity contribution is 7.89. The minimum absolute atomic E-state index is 0. The zero-order chi connectivity index (χ0) is 13.9. The lowest BCUT2D eigenvalue weighted by atomic mass is 9.99. The van der Waals surface area contributed by atoms with E-state index in [-0.39, 0.29) is 30.0 Å². The Bertz CT molecular complexity index is 426. The van der Waals surface area contributed by atoms with E-state index in [2.05, 4.69) is 5.32 Å². The second-order valence-corrected chi connectivity index (χ2v) is 7.51. The normalized spacial score (nSPS) is 23.9. The van der Waals surface area contributed by atoms with Gasteiger partial charge in [-0.05, 0) is 31.6 Å². The molecule has 0 aromatic carbocycles. The van der Waals surface area contributed by atoms with E-state index in [0.29, 0.717) is 32.1 Å². The number of hydrogen-bond acceptors (Lipinski definition) is 4. The van der Waals surface area contributed by atoms with Crippen LogP contribution in [0.15, 0.2) is 0 Å². The maximum Gasteiger partial charge on any atom is 0.224 e.